The molecule has 0 spiro atoms. The molecule has 262 valence electrons. The van der Waals surface area contributed by atoms with Crippen molar-refractivity contribution in [3.8, 4) is 5.75 Å². The van der Waals surface area contributed by atoms with Crippen molar-refractivity contribution in [2.75, 3.05) is 0 Å². The fourth-order valence-corrected chi connectivity index (χ4v) is 7.65. The summed E-state index contributed by atoms with van der Waals surface area (Å²) in [5.74, 6) is 0.326. The van der Waals surface area contributed by atoms with E-state index in [2.05, 4.69) is 43.1 Å². The van der Waals surface area contributed by atoms with E-state index < -0.39 is 5.60 Å². The highest BCUT2D eigenvalue weighted by atomic mass is 16.5. The van der Waals surface area contributed by atoms with Crippen LogP contribution < -0.4 is 27.0 Å². The SMILES string of the molecule is C=C1CC(c2c(C)c(/C=c3/ccc4cc(O)cnc4c3=C)[nH]c(=O)c2C)(c2c(C)c(=O)[nH]c3cc4ccc5cc(=O)cnc5c4[nH]c23)OC1=N/C=C\C. The van der Waals surface area contributed by atoms with Gasteiger partial charge in [-0.05, 0) is 62.8 Å². The number of nitrogens with one attached hydrogen (secondary N) is 3. The van der Waals surface area contributed by atoms with Crippen LogP contribution in [0.15, 0.2) is 98.7 Å². The van der Waals surface area contributed by atoms with Crippen molar-refractivity contribution in [2.45, 2.75) is 39.7 Å². The van der Waals surface area contributed by atoms with Crippen molar-refractivity contribution in [1.29, 1.82) is 0 Å². The zero-order valence-electron chi connectivity index (χ0n) is 29.5. The Morgan fingerprint density at radius 2 is 1.53 bits per heavy atom. The fourth-order valence-electron chi connectivity index (χ4n) is 7.65. The lowest BCUT2D eigenvalue weighted by molar-refractivity contribution is 0.124. The van der Waals surface area contributed by atoms with Crippen LogP contribution in [0.5, 0.6) is 5.75 Å². The maximum absolute atomic E-state index is 14.0. The predicted molar refractivity (Wildman–Crippen MR) is 209 cm³/mol. The minimum Gasteiger partial charge on any atom is -0.506 e. The Bertz CT molecular complexity index is 3130. The second kappa shape index (κ2) is 12.1. The molecule has 53 heavy (non-hydrogen) atoms. The number of aromatic nitrogens is 5. The number of aliphatic imine (C=N–C) groups is 1. The quantitative estimate of drug-likeness (QED) is 0.145. The zero-order valence-corrected chi connectivity index (χ0v) is 29.5. The van der Waals surface area contributed by atoms with Crippen LogP contribution in [-0.4, -0.2) is 35.9 Å². The van der Waals surface area contributed by atoms with E-state index in [9.17, 15) is 19.5 Å². The lowest BCUT2D eigenvalue weighted by Crippen LogP contribution is -2.36. The summed E-state index contributed by atoms with van der Waals surface area (Å²) in [6, 6.07) is 12.4. The smallest absolute Gasteiger partial charge is 0.251 e. The molecular formula is C42H34N6O5. The predicted octanol–water partition coefficient (Wildman–Crippen LogP) is 5.18. The summed E-state index contributed by atoms with van der Waals surface area (Å²) in [5.41, 5.74) is 4.24. The Labute approximate surface area is 301 Å². The number of ether oxygens (including phenoxy) is 1. The minimum absolute atomic E-state index is 0.0478. The molecule has 0 saturated carbocycles. The molecule has 1 unspecified atom stereocenters. The van der Waals surface area contributed by atoms with Gasteiger partial charge in [0.15, 0.2) is 11.0 Å². The highest BCUT2D eigenvalue weighted by Gasteiger charge is 2.50. The normalized spacial score (nSPS) is 17.3. The van der Waals surface area contributed by atoms with Crippen molar-refractivity contribution in [2.24, 2.45) is 4.99 Å². The molecule has 11 nitrogen and oxygen atoms in total. The Hall–Kier alpha value is -6.88. The number of H-pyrrole nitrogens is 3. The Kier molecular flexibility index (Phi) is 7.61. The maximum atomic E-state index is 14.0. The van der Waals surface area contributed by atoms with Gasteiger partial charge >= 0.3 is 0 Å². The van der Waals surface area contributed by atoms with Gasteiger partial charge in [0.2, 0.25) is 5.90 Å². The largest absolute Gasteiger partial charge is 0.506 e. The van der Waals surface area contributed by atoms with E-state index in [1.165, 1.54) is 18.5 Å². The number of aromatic hydroxyl groups is 1. The van der Waals surface area contributed by atoms with E-state index in [4.69, 9.17) is 4.74 Å². The number of allylic oxidation sites excluding steroid dienone is 1. The van der Waals surface area contributed by atoms with Crippen LogP contribution in [0.25, 0.3) is 56.4 Å². The van der Waals surface area contributed by atoms with E-state index in [1.54, 1.807) is 32.2 Å². The second-order valence-electron chi connectivity index (χ2n) is 13.4. The molecule has 1 aliphatic rings. The average Bonchev–Trinajstić information content (AvgIpc) is 3.45. The third-order valence-electron chi connectivity index (χ3n) is 10.1. The van der Waals surface area contributed by atoms with Gasteiger partial charge in [-0.25, -0.2) is 9.98 Å². The summed E-state index contributed by atoms with van der Waals surface area (Å²) in [5, 5.41) is 13.5. The second-order valence-corrected chi connectivity index (χ2v) is 13.4. The van der Waals surface area contributed by atoms with Gasteiger partial charge < -0.3 is 24.8 Å². The Balaban J connectivity index is 1.49. The molecule has 0 amide bonds. The standard InChI is InChI=1S/C42H34N6O5/c1-7-12-43-41-20(2)17-42(53-41,33-22(4)31(46-39(51)23(33)5)15-25-8-9-26-13-29(49)18-44-35(26)21(25)3)34-24(6)40(52)47-32-16-28-11-10-27-14-30(50)19-45-36(27)37(28)48-38(32)34/h7-16,18-19,48-49H,2-3,17H2,1,4-6H3,(H,46,51)(H,47,52)/b12-7-,25-15-,43-41?. The van der Waals surface area contributed by atoms with E-state index >= 15 is 0 Å². The Morgan fingerprint density at radius 3 is 2.32 bits per heavy atom. The molecule has 11 heteroatoms. The number of nitrogens with zero attached hydrogens (tertiary/aromatic N) is 3. The molecule has 5 aromatic heterocycles. The molecule has 1 atom stereocenters. The van der Waals surface area contributed by atoms with Crippen LogP contribution in [0, 0.1) is 20.8 Å². The molecule has 0 radical (unpaired) electrons. The lowest BCUT2D eigenvalue weighted by atomic mass is 9.77. The molecule has 1 fully saturated rings. The summed E-state index contributed by atoms with van der Waals surface area (Å²) in [6.07, 6.45) is 8.05. The number of hydrogen-bond donors (Lipinski definition) is 4. The summed E-state index contributed by atoms with van der Waals surface area (Å²) in [7, 11) is 0. The van der Waals surface area contributed by atoms with Crippen molar-refractivity contribution in [3.05, 3.63) is 154 Å². The molecule has 8 rings (SSSR count). The number of aromatic amines is 3. The molecular weight excluding hydrogens is 668 g/mol. The summed E-state index contributed by atoms with van der Waals surface area (Å²) >= 11 is 0. The van der Waals surface area contributed by atoms with Crippen LogP contribution >= 0.6 is 0 Å². The van der Waals surface area contributed by atoms with Gasteiger partial charge in [-0.2, -0.15) is 0 Å². The number of pyridine rings is 5. The van der Waals surface area contributed by atoms with Gasteiger partial charge in [0, 0.05) is 67.5 Å². The highest BCUT2D eigenvalue weighted by Crippen LogP contribution is 2.49. The van der Waals surface area contributed by atoms with Crippen molar-refractivity contribution >= 4 is 62.3 Å². The molecule has 2 aromatic carbocycles. The van der Waals surface area contributed by atoms with E-state index in [0.717, 1.165) is 10.8 Å². The van der Waals surface area contributed by atoms with Gasteiger partial charge in [-0.3, -0.25) is 19.4 Å². The topological polar surface area (TPSA) is 166 Å². The van der Waals surface area contributed by atoms with E-state index in [1.807, 2.05) is 50.3 Å². The Morgan fingerprint density at radius 1 is 0.830 bits per heavy atom. The van der Waals surface area contributed by atoms with Crippen LogP contribution in [0.1, 0.15) is 46.9 Å². The fraction of sp³-hybridized carbons (Fsp3) is 0.143. The van der Waals surface area contributed by atoms with Gasteiger partial charge in [0.05, 0.1) is 40.0 Å². The van der Waals surface area contributed by atoms with Crippen LogP contribution in [0.2, 0.25) is 0 Å². The number of fused-ring (bicyclic) bond motifs is 5. The highest BCUT2D eigenvalue weighted by molar-refractivity contribution is 6.07. The molecule has 6 heterocycles. The summed E-state index contributed by atoms with van der Waals surface area (Å²) in [6.45, 7) is 15.8. The molecule has 0 aliphatic carbocycles. The third-order valence-corrected chi connectivity index (χ3v) is 10.1. The third kappa shape index (κ3) is 5.19. The summed E-state index contributed by atoms with van der Waals surface area (Å²) < 4.78 is 6.97. The first-order chi connectivity index (χ1) is 25.4. The maximum Gasteiger partial charge on any atom is 0.251 e. The van der Waals surface area contributed by atoms with Gasteiger partial charge in [-0.1, -0.05) is 43.5 Å². The van der Waals surface area contributed by atoms with Gasteiger partial charge in [0.1, 0.15) is 5.75 Å². The number of hydrogen-bond acceptors (Lipinski definition) is 8. The van der Waals surface area contributed by atoms with Crippen LogP contribution in [0.4, 0.5) is 0 Å². The molecule has 0 bridgehead atoms. The van der Waals surface area contributed by atoms with Crippen molar-refractivity contribution in [3.63, 3.8) is 0 Å². The monoisotopic (exact) mass is 702 g/mol. The first-order valence-corrected chi connectivity index (χ1v) is 17.0. The van der Waals surface area contributed by atoms with Crippen LogP contribution in [0.3, 0.4) is 0 Å². The van der Waals surface area contributed by atoms with E-state index in [0.29, 0.717) is 82.5 Å². The first-order valence-electron chi connectivity index (χ1n) is 17.0. The zero-order chi connectivity index (χ0) is 37.3. The number of rotatable bonds is 4. The lowest BCUT2D eigenvalue weighted by Gasteiger charge is -2.34. The van der Waals surface area contributed by atoms with E-state index in [-0.39, 0.29) is 34.6 Å². The van der Waals surface area contributed by atoms with Crippen molar-refractivity contribution in [1.82, 2.24) is 24.9 Å². The number of benzene rings is 2. The average molecular weight is 703 g/mol. The molecule has 4 N–H and O–H groups in total. The van der Waals surface area contributed by atoms with Gasteiger partial charge in [-0.15, -0.1) is 0 Å². The van der Waals surface area contributed by atoms with Crippen molar-refractivity contribution < 1.29 is 9.84 Å². The minimum atomic E-state index is -1.45. The first kappa shape index (κ1) is 33.3. The molecule has 1 aliphatic heterocycles. The van der Waals surface area contributed by atoms with Crippen LogP contribution in [-0.2, 0) is 10.3 Å². The molecule has 1 saturated heterocycles. The van der Waals surface area contributed by atoms with Gasteiger partial charge in [0.25, 0.3) is 11.1 Å². The molecule has 7 aromatic rings. The summed E-state index contributed by atoms with van der Waals surface area (Å²) in [4.78, 5) is 63.2.